The van der Waals surface area contributed by atoms with Crippen LogP contribution in [0.2, 0.25) is 0 Å². The van der Waals surface area contributed by atoms with Crippen molar-refractivity contribution < 1.29 is 18.9 Å². The number of carbonyl (C=O) groups excluding carboxylic acids is 2. The molecule has 0 unspecified atom stereocenters. The van der Waals surface area contributed by atoms with Crippen LogP contribution >= 0.6 is 0 Å². The normalized spacial score (nSPS) is 23.7. The zero-order valence-electron chi connectivity index (χ0n) is 14.2. The monoisotopic (exact) mass is 314 g/mol. The molecular weight excluding hydrogens is 291 g/mol. The van der Waals surface area contributed by atoms with Crippen molar-refractivity contribution in [2.24, 2.45) is 5.92 Å². The molecule has 1 saturated heterocycles. The predicted octanol–water partition coefficient (Wildman–Crippen LogP) is 2.08. The number of rotatable bonds is 3. The van der Waals surface area contributed by atoms with Crippen molar-refractivity contribution in [1.29, 1.82) is 0 Å². The van der Waals surface area contributed by atoms with Crippen molar-refractivity contribution in [1.82, 2.24) is 0 Å². The van der Waals surface area contributed by atoms with Gasteiger partial charge in [0.2, 0.25) is 0 Å². The number of ketones is 2. The Morgan fingerprint density at radius 1 is 0.957 bits per heavy atom. The Morgan fingerprint density at radius 3 is 1.91 bits per heavy atom. The van der Waals surface area contributed by atoms with E-state index in [2.05, 4.69) is 0 Å². The summed E-state index contributed by atoms with van der Waals surface area (Å²) in [6.45, 7) is 8.11. The minimum Gasteiger partial charge on any atom is -0.399 e. The lowest BCUT2D eigenvalue weighted by atomic mass is 9.78. The third kappa shape index (κ3) is 3.00. The van der Waals surface area contributed by atoms with E-state index in [9.17, 15) is 9.59 Å². The van der Waals surface area contributed by atoms with Crippen LogP contribution in [0.1, 0.15) is 46.1 Å². The Hall–Kier alpha value is -1.46. The Morgan fingerprint density at radius 2 is 1.43 bits per heavy atom. The van der Waals surface area contributed by atoms with Crippen LogP contribution < -0.4 is 5.46 Å². The molecule has 0 atom stereocenters. The average Bonchev–Trinajstić information content (AvgIpc) is 2.89. The molecule has 0 spiro atoms. The molecule has 5 heteroatoms. The number of carbonyl (C=O) groups is 2. The van der Waals surface area contributed by atoms with E-state index in [4.69, 9.17) is 9.31 Å². The summed E-state index contributed by atoms with van der Waals surface area (Å²) in [6, 6.07) is 7.83. The van der Waals surface area contributed by atoms with E-state index in [1.165, 1.54) is 0 Å². The number of hydrogen-bond acceptors (Lipinski definition) is 4. The summed E-state index contributed by atoms with van der Waals surface area (Å²) in [4.78, 5) is 23.5. The van der Waals surface area contributed by atoms with Crippen LogP contribution in [-0.2, 0) is 25.3 Å². The van der Waals surface area contributed by atoms with E-state index in [0.717, 1.165) is 11.0 Å². The summed E-state index contributed by atoms with van der Waals surface area (Å²) in [7, 11) is -0.385. The fraction of sp³-hybridized carbons (Fsp3) is 0.556. The van der Waals surface area contributed by atoms with Crippen molar-refractivity contribution >= 4 is 24.1 Å². The number of hydrogen-bond donors (Lipinski definition) is 0. The van der Waals surface area contributed by atoms with Crippen molar-refractivity contribution in [3.8, 4) is 0 Å². The maximum atomic E-state index is 11.7. The molecule has 0 aromatic heterocycles. The predicted molar refractivity (Wildman–Crippen MR) is 88.6 cm³/mol. The first kappa shape index (κ1) is 16.4. The summed E-state index contributed by atoms with van der Waals surface area (Å²) in [5.41, 5.74) is 1.23. The lowest BCUT2D eigenvalue weighted by Crippen LogP contribution is -2.41. The maximum absolute atomic E-state index is 11.7. The lowest BCUT2D eigenvalue weighted by Gasteiger charge is -2.32. The third-order valence-electron chi connectivity index (χ3n) is 5.34. The molecule has 3 rings (SSSR count). The zero-order valence-corrected chi connectivity index (χ0v) is 14.2. The molecule has 2 aliphatic rings. The van der Waals surface area contributed by atoms with Crippen LogP contribution in [0.25, 0.3) is 0 Å². The minimum atomic E-state index is -0.447. The highest BCUT2D eigenvalue weighted by Crippen LogP contribution is 2.36. The van der Waals surface area contributed by atoms with Crippen LogP contribution in [0.3, 0.4) is 0 Å². The molecule has 2 fully saturated rings. The van der Waals surface area contributed by atoms with Gasteiger partial charge < -0.3 is 9.31 Å². The van der Waals surface area contributed by atoms with Gasteiger partial charge in [0.15, 0.2) is 0 Å². The van der Waals surface area contributed by atoms with Gasteiger partial charge in [-0.15, -0.1) is 0 Å². The van der Waals surface area contributed by atoms with Crippen LogP contribution in [-0.4, -0.2) is 29.9 Å². The largest absolute Gasteiger partial charge is 0.494 e. The quantitative estimate of drug-likeness (QED) is 0.633. The van der Waals surface area contributed by atoms with E-state index < -0.39 is 5.92 Å². The number of benzene rings is 1. The van der Waals surface area contributed by atoms with Crippen LogP contribution in [0, 0.1) is 5.92 Å². The highest BCUT2D eigenvalue weighted by atomic mass is 16.7. The Balaban J connectivity index is 1.71. The first-order valence-corrected chi connectivity index (χ1v) is 8.19. The van der Waals surface area contributed by atoms with Gasteiger partial charge in [0, 0.05) is 12.8 Å². The van der Waals surface area contributed by atoms with Gasteiger partial charge in [-0.3, -0.25) is 9.59 Å². The van der Waals surface area contributed by atoms with Crippen molar-refractivity contribution in [3.63, 3.8) is 0 Å². The van der Waals surface area contributed by atoms with Gasteiger partial charge in [-0.1, -0.05) is 24.3 Å². The van der Waals surface area contributed by atoms with Crippen LogP contribution in [0.4, 0.5) is 0 Å². The molecule has 122 valence electrons. The van der Waals surface area contributed by atoms with Crippen molar-refractivity contribution in [2.45, 2.75) is 58.2 Å². The first-order valence-electron chi connectivity index (χ1n) is 8.19. The van der Waals surface area contributed by atoms with Crippen molar-refractivity contribution in [3.05, 3.63) is 29.8 Å². The van der Waals surface area contributed by atoms with E-state index in [1.54, 1.807) is 0 Å². The van der Waals surface area contributed by atoms with E-state index in [1.807, 2.05) is 52.0 Å². The molecule has 1 aliphatic carbocycles. The topological polar surface area (TPSA) is 52.6 Å². The SMILES string of the molecule is CC1(C)OB(c2ccc(CC3C(=O)CCC3=O)cc2)OC1(C)C. The highest BCUT2D eigenvalue weighted by Gasteiger charge is 2.51. The maximum Gasteiger partial charge on any atom is 0.494 e. The van der Waals surface area contributed by atoms with Gasteiger partial charge >= 0.3 is 7.12 Å². The molecule has 0 radical (unpaired) electrons. The Labute approximate surface area is 137 Å². The zero-order chi connectivity index (χ0) is 16.8. The summed E-state index contributed by atoms with van der Waals surface area (Å²) in [5, 5.41) is 0. The van der Waals surface area contributed by atoms with Gasteiger partial charge in [0.1, 0.15) is 11.6 Å². The average molecular weight is 314 g/mol. The molecule has 1 aromatic carbocycles. The summed E-state index contributed by atoms with van der Waals surface area (Å²) in [6.07, 6.45) is 1.30. The highest BCUT2D eigenvalue weighted by molar-refractivity contribution is 6.62. The molecule has 1 heterocycles. The second kappa shape index (κ2) is 5.57. The smallest absolute Gasteiger partial charge is 0.399 e. The van der Waals surface area contributed by atoms with E-state index in [0.29, 0.717) is 19.3 Å². The molecule has 1 aliphatic heterocycles. The standard InChI is InChI=1S/C18H23BO4/c1-17(2)18(3,4)23-19(22-17)13-7-5-12(6-8-13)11-14-15(20)9-10-16(14)21/h5-8,14H,9-11H2,1-4H3. The molecule has 1 saturated carbocycles. The molecule has 0 amide bonds. The molecule has 1 aromatic rings. The fourth-order valence-corrected chi connectivity index (χ4v) is 3.03. The van der Waals surface area contributed by atoms with Crippen LogP contribution in [0.15, 0.2) is 24.3 Å². The first-order chi connectivity index (χ1) is 10.7. The fourth-order valence-electron chi connectivity index (χ4n) is 3.03. The van der Waals surface area contributed by atoms with Crippen LogP contribution in [0.5, 0.6) is 0 Å². The molecule has 23 heavy (non-hydrogen) atoms. The molecule has 0 N–H and O–H groups in total. The summed E-state index contributed by atoms with van der Waals surface area (Å²) < 4.78 is 12.1. The Bertz CT molecular complexity index is 601. The molecular formula is C18H23BO4. The second-order valence-corrected chi connectivity index (χ2v) is 7.52. The Kier molecular flexibility index (Phi) is 3.97. The number of Topliss-reactive ketones (excluding diaryl/α,β-unsaturated/α-hetero) is 2. The third-order valence-corrected chi connectivity index (χ3v) is 5.34. The van der Waals surface area contributed by atoms with Gasteiger partial charge in [0.05, 0.1) is 17.1 Å². The molecule has 0 bridgehead atoms. The van der Waals surface area contributed by atoms with Crippen molar-refractivity contribution in [2.75, 3.05) is 0 Å². The van der Waals surface area contributed by atoms with E-state index >= 15 is 0 Å². The lowest BCUT2D eigenvalue weighted by molar-refractivity contribution is -0.127. The van der Waals surface area contributed by atoms with Gasteiger partial charge in [-0.25, -0.2) is 0 Å². The van der Waals surface area contributed by atoms with Gasteiger partial charge in [0.25, 0.3) is 0 Å². The molecule has 4 nitrogen and oxygen atoms in total. The minimum absolute atomic E-state index is 0.0741. The van der Waals surface area contributed by atoms with E-state index in [-0.39, 0.29) is 29.9 Å². The van der Waals surface area contributed by atoms with Gasteiger partial charge in [-0.05, 0) is 45.1 Å². The second-order valence-electron chi connectivity index (χ2n) is 7.52. The summed E-state index contributed by atoms with van der Waals surface area (Å²) in [5.74, 6) is -0.298. The van der Waals surface area contributed by atoms with Gasteiger partial charge in [-0.2, -0.15) is 0 Å². The summed E-state index contributed by atoms with van der Waals surface area (Å²) >= 11 is 0.